The van der Waals surface area contributed by atoms with E-state index in [-0.39, 0.29) is 11.9 Å². The summed E-state index contributed by atoms with van der Waals surface area (Å²) < 4.78 is 15.4. The number of nitrogens with two attached hydrogens (primary N) is 1. The Hall–Kier alpha value is -3.36. The molecule has 0 spiro atoms. The van der Waals surface area contributed by atoms with Crippen LogP contribution in [-0.4, -0.2) is 64.9 Å². The van der Waals surface area contributed by atoms with Gasteiger partial charge in [-0.3, -0.25) is 4.79 Å². The lowest BCUT2D eigenvalue weighted by Crippen LogP contribution is -2.45. The number of imidazole rings is 1. The quantitative estimate of drug-likeness (QED) is 0.411. The molecule has 2 aromatic heterocycles. The third-order valence-electron chi connectivity index (χ3n) is 6.92. The number of ether oxygens (including phenoxy) is 2. The fourth-order valence-corrected chi connectivity index (χ4v) is 5.20. The average Bonchev–Trinajstić information content (AvgIpc) is 3.40. The van der Waals surface area contributed by atoms with E-state index in [1.165, 1.54) is 0 Å². The van der Waals surface area contributed by atoms with Crippen molar-refractivity contribution in [1.29, 1.82) is 0 Å². The number of hydrogen-bond donors (Lipinski definition) is 1. The molecule has 35 heavy (non-hydrogen) atoms. The summed E-state index contributed by atoms with van der Waals surface area (Å²) in [7, 11) is 5.35. The lowest BCUT2D eigenvalue weighted by atomic mass is 10.0. The number of carbonyl (C=O) groups is 1. The number of piperidine rings is 1. The second-order valence-electron chi connectivity index (χ2n) is 9.28. The number of aromatic nitrogens is 3. The molecule has 1 saturated heterocycles. The predicted molar refractivity (Wildman–Crippen MR) is 138 cm³/mol. The van der Waals surface area contributed by atoms with E-state index in [0.717, 1.165) is 65.8 Å². The molecule has 8 nitrogen and oxygen atoms in total. The lowest BCUT2D eigenvalue weighted by molar-refractivity contribution is 0.0708. The zero-order valence-corrected chi connectivity index (χ0v) is 20.7. The van der Waals surface area contributed by atoms with Crippen LogP contribution in [-0.2, 0) is 18.3 Å². The molecule has 5 rings (SSSR count). The van der Waals surface area contributed by atoms with Crippen molar-refractivity contribution in [2.45, 2.75) is 31.8 Å². The average molecular weight is 476 g/mol. The molecular formula is C27H33N5O3. The molecule has 1 aliphatic rings. The van der Waals surface area contributed by atoms with Crippen molar-refractivity contribution < 1.29 is 14.3 Å². The number of methoxy groups -OCH3 is 2. The van der Waals surface area contributed by atoms with Crippen molar-refractivity contribution in [1.82, 2.24) is 19.0 Å². The minimum atomic E-state index is -0.0266. The molecule has 184 valence electrons. The first kappa shape index (κ1) is 23.4. The van der Waals surface area contributed by atoms with E-state index in [1.807, 2.05) is 30.1 Å². The summed E-state index contributed by atoms with van der Waals surface area (Å²) in [6, 6.07) is 14.3. The van der Waals surface area contributed by atoms with E-state index in [9.17, 15) is 4.79 Å². The van der Waals surface area contributed by atoms with Gasteiger partial charge in [-0.1, -0.05) is 18.2 Å². The standard InChI is InChI=1S/C27H33N5O3/c1-30-25-21(14-19(16-24(25)35-3)27(33)31-11-6-9-20(28)17-31)29-26(30)23-15-18-8-4-5-10-22(18)32(23)12-7-13-34-2/h4-5,8,10,14-16,20H,6-7,9,11-13,17,28H2,1-3H3/t20-/m1/s1. The zero-order chi connectivity index (χ0) is 24.5. The smallest absolute Gasteiger partial charge is 0.254 e. The molecule has 1 aliphatic heterocycles. The molecule has 8 heteroatoms. The fraction of sp³-hybridized carbons (Fsp3) is 0.407. The van der Waals surface area contributed by atoms with Gasteiger partial charge in [-0.05, 0) is 43.5 Å². The summed E-state index contributed by atoms with van der Waals surface area (Å²) in [6.45, 7) is 2.81. The number of likely N-dealkylation sites (tertiary alicyclic amines) is 1. The van der Waals surface area contributed by atoms with Crippen LogP contribution < -0.4 is 10.5 Å². The number of fused-ring (bicyclic) bond motifs is 2. The first-order valence-electron chi connectivity index (χ1n) is 12.2. The van der Waals surface area contributed by atoms with Gasteiger partial charge < -0.3 is 29.2 Å². The molecule has 0 saturated carbocycles. The summed E-state index contributed by atoms with van der Waals surface area (Å²) in [5.74, 6) is 1.44. The second-order valence-corrected chi connectivity index (χ2v) is 9.28. The van der Waals surface area contributed by atoms with Crippen molar-refractivity contribution >= 4 is 27.8 Å². The Morgan fingerprint density at radius 2 is 2.03 bits per heavy atom. The first-order chi connectivity index (χ1) is 17.0. The SMILES string of the molecule is COCCCn1c(-c2nc3cc(C(=O)N4CCC[C@@H](N)C4)cc(OC)c3n2C)cc2ccccc21. The minimum Gasteiger partial charge on any atom is -0.494 e. The lowest BCUT2D eigenvalue weighted by Gasteiger charge is -2.30. The van der Waals surface area contributed by atoms with Gasteiger partial charge in [0.1, 0.15) is 11.3 Å². The van der Waals surface area contributed by atoms with Crippen molar-refractivity contribution in [2.75, 3.05) is 33.9 Å². The van der Waals surface area contributed by atoms with Gasteiger partial charge in [0.2, 0.25) is 0 Å². The molecule has 1 amide bonds. The number of rotatable bonds is 7. The highest BCUT2D eigenvalue weighted by atomic mass is 16.5. The maximum absolute atomic E-state index is 13.3. The van der Waals surface area contributed by atoms with Gasteiger partial charge in [0, 0.05) is 62.9 Å². The Morgan fingerprint density at radius 3 is 2.80 bits per heavy atom. The minimum absolute atomic E-state index is 0.0266. The summed E-state index contributed by atoms with van der Waals surface area (Å²) in [4.78, 5) is 20.2. The maximum Gasteiger partial charge on any atom is 0.254 e. The molecule has 4 aromatic rings. The van der Waals surface area contributed by atoms with E-state index >= 15 is 0 Å². The van der Waals surface area contributed by atoms with E-state index in [4.69, 9.17) is 20.2 Å². The molecule has 0 unspecified atom stereocenters. The van der Waals surface area contributed by atoms with E-state index in [1.54, 1.807) is 14.2 Å². The monoisotopic (exact) mass is 475 g/mol. The number of aryl methyl sites for hydroxylation is 2. The summed E-state index contributed by atoms with van der Waals surface area (Å²) in [5.41, 5.74) is 10.5. The van der Waals surface area contributed by atoms with Crippen LogP contribution in [0, 0.1) is 0 Å². The van der Waals surface area contributed by atoms with E-state index in [0.29, 0.717) is 24.5 Å². The maximum atomic E-state index is 13.3. The van der Waals surface area contributed by atoms with Gasteiger partial charge >= 0.3 is 0 Å². The summed E-state index contributed by atoms with van der Waals surface area (Å²) >= 11 is 0. The highest BCUT2D eigenvalue weighted by Gasteiger charge is 2.25. The van der Waals surface area contributed by atoms with Crippen molar-refractivity contribution in [3.8, 4) is 17.3 Å². The van der Waals surface area contributed by atoms with Crippen LogP contribution in [0.3, 0.4) is 0 Å². The zero-order valence-electron chi connectivity index (χ0n) is 20.7. The molecule has 2 aromatic carbocycles. The van der Waals surface area contributed by atoms with Crippen LogP contribution in [0.5, 0.6) is 5.75 Å². The third kappa shape index (κ3) is 4.28. The van der Waals surface area contributed by atoms with Crippen molar-refractivity contribution in [3.05, 3.63) is 48.0 Å². The molecule has 0 aliphatic carbocycles. The van der Waals surface area contributed by atoms with Gasteiger partial charge in [-0.25, -0.2) is 4.98 Å². The number of carbonyl (C=O) groups excluding carboxylic acids is 1. The normalized spacial score (nSPS) is 16.3. The molecule has 0 bridgehead atoms. The number of benzene rings is 2. The van der Waals surface area contributed by atoms with Crippen LogP contribution in [0.2, 0.25) is 0 Å². The van der Waals surface area contributed by atoms with Crippen LogP contribution in [0.1, 0.15) is 29.6 Å². The highest BCUT2D eigenvalue weighted by Crippen LogP contribution is 2.34. The largest absolute Gasteiger partial charge is 0.494 e. The van der Waals surface area contributed by atoms with Gasteiger partial charge in [0.25, 0.3) is 5.91 Å². The van der Waals surface area contributed by atoms with Crippen LogP contribution in [0.25, 0.3) is 33.5 Å². The van der Waals surface area contributed by atoms with Crippen LogP contribution in [0.4, 0.5) is 0 Å². The first-order valence-corrected chi connectivity index (χ1v) is 12.2. The van der Waals surface area contributed by atoms with E-state index in [2.05, 4.69) is 33.4 Å². The van der Waals surface area contributed by atoms with Crippen LogP contribution >= 0.6 is 0 Å². The Labute approximate surface area is 205 Å². The van der Waals surface area contributed by atoms with E-state index < -0.39 is 0 Å². The Kier molecular flexibility index (Phi) is 6.49. The third-order valence-corrected chi connectivity index (χ3v) is 6.92. The molecule has 3 heterocycles. The predicted octanol–water partition coefficient (Wildman–Crippen LogP) is 3.80. The topological polar surface area (TPSA) is 87.5 Å². The highest BCUT2D eigenvalue weighted by molar-refractivity contribution is 6.00. The van der Waals surface area contributed by atoms with Crippen molar-refractivity contribution in [2.24, 2.45) is 12.8 Å². The van der Waals surface area contributed by atoms with Crippen LogP contribution in [0.15, 0.2) is 42.5 Å². The summed E-state index contributed by atoms with van der Waals surface area (Å²) in [6.07, 6.45) is 2.77. The van der Waals surface area contributed by atoms with Gasteiger partial charge in [-0.15, -0.1) is 0 Å². The second kappa shape index (κ2) is 9.71. The Morgan fingerprint density at radius 1 is 1.20 bits per heavy atom. The number of amides is 1. The Balaban J connectivity index is 1.61. The molecule has 0 radical (unpaired) electrons. The van der Waals surface area contributed by atoms with Gasteiger partial charge in [0.05, 0.1) is 18.3 Å². The molecule has 2 N–H and O–H groups in total. The molecule has 1 atom stereocenters. The molecular weight excluding hydrogens is 442 g/mol. The van der Waals surface area contributed by atoms with Gasteiger partial charge in [-0.2, -0.15) is 0 Å². The summed E-state index contributed by atoms with van der Waals surface area (Å²) in [5, 5.41) is 1.16. The number of nitrogens with zero attached hydrogens (tertiary/aromatic N) is 4. The molecule has 1 fully saturated rings. The van der Waals surface area contributed by atoms with Gasteiger partial charge in [0.15, 0.2) is 5.82 Å². The number of hydrogen-bond acceptors (Lipinski definition) is 5. The van der Waals surface area contributed by atoms with Crippen molar-refractivity contribution in [3.63, 3.8) is 0 Å². The Bertz CT molecular complexity index is 1370. The fourth-order valence-electron chi connectivity index (χ4n) is 5.20. The number of para-hydroxylation sites is 1.